The van der Waals surface area contributed by atoms with E-state index in [1.54, 1.807) is 0 Å². The first-order chi connectivity index (χ1) is 23.1. The SMILES string of the molecule is C#CCC.CCC#Cc1ccc(C)c2c1COC2=O.CCCCc1ccc(C)c2c1COC2=O.Cc1ccc(Br)c2c1C(=O)OC2.[3H]C.[W]. The third kappa shape index (κ3) is 10.4. The number of hydrogen-bond acceptors (Lipinski definition) is 6. The Labute approximate surface area is 310 Å². The molecule has 3 heterocycles. The molecule has 0 aliphatic carbocycles. The molecule has 6 rings (SSSR count). The molecule has 0 fully saturated rings. The third-order valence-electron chi connectivity index (χ3n) is 7.66. The predicted molar refractivity (Wildman–Crippen MR) is 190 cm³/mol. The predicted octanol–water partition coefficient (Wildman–Crippen LogP) is 9.53. The Bertz CT molecular complexity index is 1730. The van der Waals surface area contributed by atoms with Gasteiger partial charge in [-0.1, -0.05) is 86.6 Å². The Balaban J connectivity index is 0.000000338. The molecule has 0 atom stereocenters. The normalized spacial score (nSPS) is 12.5. The van der Waals surface area contributed by atoms with Gasteiger partial charge in [-0.15, -0.1) is 12.3 Å². The number of fused-ring (bicyclic) bond motifs is 3. The Morgan fingerprint density at radius 3 is 1.71 bits per heavy atom. The van der Waals surface area contributed by atoms with Gasteiger partial charge in [-0.2, -0.15) is 0 Å². The minimum absolute atomic E-state index is 0. The summed E-state index contributed by atoms with van der Waals surface area (Å²) in [4.78, 5) is 34.1. The molecule has 0 saturated carbocycles. The maximum absolute atomic E-state index is 11.5. The van der Waals surface area contributed by atoms with E-state index in [1.807, 2.05) is 65.0 Å². The molecule has 3 aromatic rings. The van der Waals surface area contributed by atoms with E-state index in [4.69, 9.17) is 22.0 Å². The number of carbonyl (C=O) groups is 3. The van der Waals surface area contributed by atoms with Crippen LogP contribution in [0.2, 0.25) is 0 Å². The van der Waals surface area contributed by atoms with E-state index in [9.17, 15) is 14.4 Å². The molecule has 6 nitrogen and oxygen atoms in total. The molecule has 3 aliphatic heterocycles. The zero-order valence-electron chi connectivity index (χ0n) is 29.9. The summed E-state index contributed by atoms with van der Waals surface area (Å²) < 4.78 is 21.7. The van der Waals surface area contributed by atoms with Crippen LogP contribution in [-0.2, 0) is 61.5 Å². The van der Waals surface area contributed by atoms with Crippen LogP contribution in [0.15, 0.2) is 40.9 Å². The average molecular weight is 888 g/mol. The van der Waals surface area contributed by atoms with Gasteiger partial charge in [0.1, 0.15) is 19.8 Å². The first-order valence-electron chi connectivity index (χ1n) is 16.5. The van der Waals surface area contributed by atoms with Gasteiger partial charge in [-0.05, 0) is 68.0 Å². The van der Waals surface area contributed by atoms with Gasteiger partial charge in [0.15, 0.2) is 0 Å². The minimum atomic E-state index is -0.220. The van der Waals surface area contributed by atoms with Crippen molar-refractivity contribution in [1.82, 2.24) is 0 Å². The zero-order valence-corrected chi connectivity index (χ0v) is 33.5. The first-order valence-corrected chi connectivity index (χ1v) is 16.3. The first kappa shape index (κ1) is 40.5. The van der Waals surface area contributed by atoms with Gasteiger partial charge in [-0.25, -0.2) is 14.4 Å². The Hall–Kier alpha value is -3.64. The molecule has 0 unspecified atom stereocenters. The largest absolute Gasteiger partial charge is 0.457 e. The van der Waals surface area contributed by atoms with Crippen LogP contribution in [0, 0.1) is 45.0 Å². The maximum Gasteiger partial charge on any atom is 0.339 e. The number of cyclic esters (lactones) is 3. The van der Waals surface area contributed by atoms with Gasteiger partial charge in [0.25, 0.3) is 0 Å². The van der Waals surface area contributed by atoms with E-state index in [0.717, 1.165) is 73.8 Å². The Kier molecular flexibility index (Phi) is 17.4. The second-order valence-corrected chi connectivity index (χ2v) is 11.8. The molecule has 0 saturated heterocycles. The second kappa shape index (κ2) is 20.7. The van der Waals surface area contributed by atoms with Crippen molar-refractivity contribution in [2.24, 2.45) is 0 Å². The molecule has 0 amide bonds. The van der Waals surface area contributed by atoms with Crippen molar-refractivity contribution >= 4 is 33.8 Å². The molecule has 0 bridgehead atoms. The fourth-order valence-corrected chi connectivity index (χ4v) is 5.60. The molecular formula is C40H45BrO6W. The zero-order chi connectivity index (χ0) is 35.8. The molecule has 0 radical (unpaired) electrons. The van der Waals surface area contributed by atoms with E-state index in [-0.39, 0.29) is 39.0 Å². The Morgan fingerprint density at radius 1 is 0.750 bits per heavy atom. The van der Waals surface area contributed by atoms with Crippen LogP contribution in [0.4, 0.5) is 0 Å². The smallest absolute Gasteiger partial charge is 0.339 e. The number of esters is 3. The number of carbonyl (C=O) groups excluding carboxylic acids is 3. The summed E-state index contributed by atoms with van der Waals surface area (Å²) in [6.07, 6.45) is 9.84. The van der Waals surface area contributed by atoms with Crippen molar-refractivity contribution in [3.05, 3.63) is 102 Å². The average Bonchev–Trinajstić information content (AvgIpc) is 3.82. The quantitative estimate of drug-likeness (QED) is 0.148. The van der Waals surface area contributed by atoms with Crippen LogP contribution in [0.5, 0.6) is 0 Å². The van der Waals surface area contributed by atoms with Gasteiger partial charge >= 0.3 is 17.9 Å². The van der Waals surface area contributed by atoms with Crippen molar-refractivity contribution < 1.29 is 51.0 Å². The molecule has 8 heteroatoms. The minimum Gasteiger partial charge on any atom is -0.457 e. The second-order valence-electron chi connectivity index (χ2n) is 10.9. The number of rotatable bonds is 3. The molecule has 48 heavy (non-hydrogen) atoms. The number of halogens is 1. The summed E-state index contributed by atoms with van der Waals surface area (Å²) in [5.41, 5.74) is 10.5. The monoisotopic (exact) mass is 886 g/mol. The van der Waals surface area contributed by atoms with Crippen LogP contribution < -0.4 is 0 Å². The number of hydrogen-bond donors (Lipinski definition) is 0. The fraction of sp³-hybridized carbons (Fsp3) is 0.375. The number of benzene rings is 3. The van der Waals surface area contributed by atoms with E-state index in [0.29, 0.717) is 25.4 Å². The molecule has 0 N–H and O–H groups in total. The van der Waals surface area contributed by atoms with Gasteiger partial charge in [-0.3, -0.25) is 0 Å². The van der Waals surface area contributed by atoms with Crippen LogP contribution in [-0.4, -0.2) is 17.9 Å². The number of terminal acetylenes is 1. The van der Waals surface area contributed by atoms with E-state index < -0.39 is 0 Å². The molecule has 254 valence electrons. The van der Waals surface area contributed by atoms with Crippen molar-refractivity contribution in [3.8, 4) is 24.2 Å². The van der Waals surface area contributed by atoms with Gasteiger partial charge in [0.2, 0.25) is 0 Å². The van der Waals surface area contributed by atoms with Crippen molar-refractivity contribution in [3.63, 3.8) is 0 Å². The molecule has 0 aromatic heterocycles. The van der Waals surface area contributed by atoms with E-state index in [1.165, 1.54) is 25.8 Å². The third-order valence-corrected chi connectivity index (χ3v) is 8.41. The number of aryl methyl sites for hydroxylation is 4. The van der Waals surface area contributed by atoms with Crippen molar-refractivity contribution in [1.29, 1.82) is 0 Å². The van der Waals surface area contributed by atoms with Crippen LogP contribution in [0.25, 0.3) is 0 Å². The molecule has 3 aliphatic rings. The van der Waals surface area contributed by atoms with Gasteiger partial charge < -0.3 is 14.2 Å². The summed E-state index contributed by atoms with van der Waals surface area (Å²) in [5, 5.41) is 0. The van der Waals surface area contributed by atoms with Crippen LogP contribution in [0.1, 0.15) is 131 Å². The van der Waals surface area contributed by atoms with Crippen LogP contribution >= 0.6 is 15.9 Å². The van der Waals surface area contributed by atoms with Crippen LogP contribution in [0.3, 0.4) is 0 Å². The van der Waals surface area contributed by atoms with Crippen molar-refractivity contribution in [2.45, 2.75) is 101 Å². The van der Waals surface area contributed by atoms with E-state index >= 15 is 0 Å². The number of ether oxygens (including phenoxy) is 3. The molecule has 3 aromatic carbocycles. The van der Waals surface area contributed by atoms with Gasteiger partial charge in [0.05, 0.1) is 16.7 Å². The molecular weight excluding hydrogens is 840 g/mol. The maximum atomic E-state index is 11.5. The fourth-order valence-electron chi connectivity index (χ4n) is 5.15. The molecule has 0 spiro atoms. The van der Waals surface area contributed by atoms with E-state index in [2.05, 4.69) is 46.7 Å². The standard InChI is InChI=1S/C13H16O2.C13H12O2.C9H7BrO2.C4H6.CH4.W/c2*1-3-4-5-10-7-6-9(2)12-11(10)8-15-13(12)14;1-5-2-3-7(10)6-4-12-9(11)8(5)6;1-3-4-2;;/h6-7H,3-5,8H2,1-2H3;6-7H,3,8H2,1-2H3;2-3H,4H2,1H3;1H,4H2,2H3;1H4;/i;;;;1T;. The summed E-state index contributed by atoms with van der Waals surface area (Å²) >= 11 is 3.38. The summed E-state index contributed by atoms with van der Waals surface area (Å²) in [6, 6.07) is 11.9. The van der Waals surface area contributed by atoms with Crippen molar-refractivity contribution in [2.75, 3.05) is 0 Å². The summed E-state index contributed by atoms with van der Waals surface area (Å²) in [6.45, 7) is 13.2. The number of unbranched alkanes of at least 4 members (excludes halogenated alkanes) is 1. The van der Waals surface area contributed by atoms with Gasteiger partial charge in [0, 0.05) is 62.0 Å². The summed E-state index contributed by atoms with van der Waals surface area (Å²) in [5.74, 6) is 7.93. The summed E-state index contributed by atoms with van der Waals surface area (Å²) in [7, 11) is 1.25. The topological polar surface area (TPSA) is 78.9 Å². The Morgan fingerprint density at radius 2 is 1.21 bits per heavy atom.